The number of imide groups is 1. The van der Waals surface area contributed by atoms with Crippen LogP contribution in [0.1, 0.15) is 16.7 Å². The van der Waals surface area contributed by atoms with Crippen LogP contribution < -0.4 is 10.1 Å². The number of hydrogen-bond donors (Lipinski definition) is 1. The standard InChI is InChI=1S/C31H28N2O4S/c1-33(29(34)17-21-8-11-26-18-27(37-2)13-12-25(26)14-21)19-22-4-3-5-24(15-22)23-9-6-20(7-10-23)16-28-30(35)32-31(36)38-28/h3-15,18,28H,16-17,19H2,1-2H3,(H,32,35,36). The maximum atomic E-state index is 13.0. The second-order valence-corrected chi connectivity index (χ2v) is 10.6. The summed E-state index contributed by atoms with van der Waals surface area (Å²) in [6.45, 7) is 0.511. The van der Waals surface area contributed by atoms with E-state index in [9.17, 15) is 14.4 Å². The highest BCUT2D eigenvalue weighted by Gasteiger charge is 2.31. The number of nitrogens with one attached hydrogen (secondary N) is 1. The quantitative estimate of drug-likeness (QED) is 0.324. The molecule has 1 fully saturated rings. The van der Waals surface area contributed by atoms with Gasteiger partial charge in [0.1, 0.15) is 5.75 Å². The van der Waals surface area contributed by atoms with Crippen LogP contribution in [-0.4, -0.2) is 41.4 Å². The molecule has 1 saturated heterocycles. The Morgan fingerprint density at radius 3 is 2.34 bits per heavy atom. The molecule has 0 saturated carbocycles. The molecule has 1 aliphatic rings. The van der Waals surface area contributed by atoms with Gasteiger partial charge in [0.15, 0.2) is 0 Å². The third-order valence-electron chi connectivity index (χ3n) is 6.72. The molecule has 4 aromatic carbocycles. The average Bonchev–Trinajstić information content (AvgIpc) is 3.24. The number of carbonyl (C=O) groups excluding carboxylic acids is 3. The highest BCUT2D eigenvalue weighted by atomic mass is 32.2. The Bertz CT molecular complexity index is 1520. The summed E-state index contributed by atoms with van der Waals surface area (Å²) in [4.78, 5) is 38.0. The summed E-state index contributed by atoms with van der Waals surface area (Å²) in [6, 6.07) is 28.2. The lowest BCUT2D eigenvalue weighted by Gasteiger charge is -2.18. The molecule has 3 amide bonds. The third kappa shape index (κ3) is 5.89. The number of methoxy groups -OCH3 is 1. The van der Waals surface area contributed by atoms with Crippen molar-refractivity contribution < 1.29 is 19.1 Å². The molecule has 1 atom stereocenters. The molecule has 0 aliphatic carbocycles. The fraction of sp³-hybridized carbons (Fsp3) is 0.194. The predicted molar refractivity (Wildman–Crippen MR) is 151 cm³/mol. The number of amides is 3. The van der Waals surface area contributed by atoms with E-state index in [-0.39, 0.29) is 22.3 Å². The Balaban J connectivity index is 1.21. The smallest absolute Gasteiger partial charge is 0.286 e. The molecule has 4 aromatic rings. The minimum absolute atomic E-state index is 0.0555. The van der Waals surface area contributed by atoms with Crippen molar-refractivity contribution >= 4 is 39.6 Å². The molecule has 0 spiro atoms. The van der Waals surface area contributed by atoms with Crippen LogP contribution in [0.3, 0.4) is 0 Å². The number of likely N-dealkylation sites (N-methyl/N-ethyl adjacent to an activating group) is 1. The Labute approximate surface area is 226 Å². The monoisotopic (exact) mass is 524 g/mol. The van der Waals surface area contributed by atoms with Crippen LogP contribution in [0.15, 0.2) is 84.9 Å². The largest absolute Gasteiger partial charge is 0.497 e. The number of benzene rings is 4. The lowest BCUT2D eigenvalue weighted by atomic mass is 10.00. The molecule has 38 heavy (non-hydrogen) atoms. The van der Waals surface area contributed by atoms with Gasteiger partial charge in [-0.2, -0.15) is 0 Å². The van der Waals surface area contributed by atoms with Crippen molar-refractivity contribution in [1.82, 2.24) is 10.2 Å². The fourth-order valence-electron chi connectivity index (χ4n) is 4.61. The molecule has 1 heterocycles. The number of carbonyl (C=O) groups is 3. The number of fused-ring (bicyclic) bond motifs is 1. The van der Waals surface area contributed by atoms with Gasteiger partial charge in [-0.25, -0.2) is 0 Å². The first kappa shape index (κ1) is 25.5. The SMILES string of the molecule is COc1ccc2cc(CC(=O)N(C)Cc3cccc(-c4ccc(CC5SC(=O)NC5=O)cc4)c3)ccc2c1. The molecule has 1 N–H and O–H groups in total. The number of ether oxygens (including phenoxy) is 1. The summed E-state index contributed by atoms with van der Waals surface area (Å²) in [5.74, 6) is 0.644. The van der Waals surface area contributed by atoms with Crippen molar-refractivity contribution in [2.24, 2.45) is 0 Å². The van der Waals surface area contributed by atoms with Gasteiger partial charge in [-0.3, -0.25) is 19.7 Å². The Morgan fingerprint density at radius 1 is 0.868 bits per heavy atom. The van der Waals surface area contributed by atoms with Crippen molar-refractivity contribution in [3.63, 3.8) is 0 Å². The zero-order chi connectivity index (χ0) is 26.6. The number of rotatable bonds is 8. The van der Waals surface area contributed by atoms with Gasteiger partial charge in [0.05, 0.1) is 18.8 Å². The summed E-state index contributed by atoms with van der Waals surface area (Å²) < 4.78 is 5.29. The van der Waals surface area contributed by atoms with E-state index in [4.69, 9.17) is 4.74 Å². The van der Waals surface area contributed by atoms with Crippen LogP contribution in [0.25, 0.3) is 21.9 Å². The van der Waals surface area contributed by atoms with Crippen molar-refractivity contribution in [3.05, 3.63) is 102 Å². The van der Waals surface area contributed by atoms with Crippen molar-refractivity contribution in [2.75, 3.05) is 14.2 Å². The molecule has 0 bridgehead atoms. The first-order valence-corrected chi connectivity index (χ1v) is 13.3. The highest BCUT2D eigenvalue weighted by Crippen LogP contribution is 2.26. The maximum absolute atomic E-state index is 13.0. The summed E-state index contributed by atoms with van der Waals surface area (Å²) in [5.41, 5.74) is 5.14. The molecular weight excluding hydrogens is 496 g/mol. The minimum Gasteiger partial charge on any atom is -0.497 e. The summed E-state index contributed by atoms with van der Waals surface area (Å²) in [6.07, 6.45) is 0.851. The van der Waals surface area contributed by atoms with Crippen LogP contribution >= 0.6 is 11.8 Å². The minimum atomic E-state index is -0.372. The zero-order valence-corrected chi connectivity index (χ0v) is 22.1. The summed E-state index contributed by atoms with van der Waals surface area (Å²) >= 11 is 1.04. The van der Waals surface area contributed by atoms with Gasteiger partial charge in [0, 0.05) is 13.6 Å². The maximum Gasteiger partial charge on any atom is 0.286 e. The Kier molecular flexibility index (Phi) is 7.47. The molecule has 5 rings (SSSR count). The number of thioether (sulfide) groups is 1. The number of hydrogen-bond acceptors (Lipinski definition) is 5. The van der Waals surface area contributed by atoms with E-state index in [0.717, 1.165) is 56.1 Å². The van der Waals surface area contributed by atoms with E-state index in [2.05, 4.69) is 17.4 Å². The average molecular weight is 525 g/mol. The van der Waals surface area contributed by atoms with Crippen molar-refractivity contribution in [2.45, 2.75) is 24.6 Å². The van der Waals surface area contributed by atoms with E-state index in [1.165, 1.54) is 0 Å². The lowest BCUT2D eigenvalue weighted by Crippen LogP contribution is -2.27. The van der Waals surface area contributed by atoms with Gasteiger partial charge in [-0.15, -0.1) is 0 Å². The molecule has 0 radical (unpaired) electrons. The Hall–Kier alpha value is -4.10. The van der Waals surface area contributed by atoms with Crippen LogP contribution in [-0.2, 0) is 29.0 Å². The molecular formula is C31H28N2O4S. The van der Waals surface area contributed by atoms with E-state index < -0.39 is 0 Å². The van der Waals surface area contributed by atoms with Crippen molar-refractivity contribution in [3.8, 4) is 16.9 Å². The van der Waals surface area contributed by atoms with Crippen LogP contribution in [0.2, 0.25) is 0 Å². The first-order chi connectivity index (χ1) is 18.4. The lowest BCUT2D eigenvalue weighted by molar-refractivity contribution is -0.129. The molecule has 0 aromatic heterocycles. The molecule has 1 unspecified atom stereocenters. The first-order valence-electron chi connectivity index (χ1n) is 12.4. The number of nitrogens with zero attached hydrogens (tertiary/aromatic N) is 1. The zero-order valence-electron chi connectivity index (χ0n) is 21.3. The fourth-order valence-corrected chi connectivity index (χ4v) is 5.47. The van der Waals surface area contributed by atoms with Crippen molar-refractivity contribution in [1.29, 1.82) is 0 Å². The summed E-state index contributed by atoms with van der Waals surface area (Å²) in [7, 11) is 3.48. The van der Waals surface area contributed by atoms with Gasteiger partial charge in [0.25, 0.3) is 5.24 Å². The Morgan fingerprint density at radius 2 is 1.61 bits per heavy atom. The van der Waals surface area contributed by atoms with E-state index in [0.29, 0.717) is 19.4 Å². The summed E-state index contributed by atoms with van der Waals surface area (Å²) in [5, 5.41) is 3.84. The molecule has 6 nitrogen and oxygen atoms in total. The third-order valence-corrected chi connectivity index (χ3v) is 7.70. The van der Waals surface area contributed by atoms with E-state index in [1.54, 1.807) is 12.0 Å². The van der Waals surface area contributed by atoms with E-state index in [1.807, 2.05) is 79.8 Å². The molecule has 7 heteroatoms. The normalized spacial score (nSPS) is 14.9. The van der Waals surface area contributed by atoms with Gasteiger partial charge in [0.2, 0.25) is 11.8 Å². The molecule has 1 aliphatic heterocycles. The second kappa shape index (κ2) is 11.1. The predicted octanol–water partition coefficient (Wildman–Crippen LogP) is 5.61. The van der Waals surface area contributed by atoms with Gasteiger partial charge in [-0.05, 0) is 63.2 Å². The van der Waals surface area contributed by atoms with Crippen LogP contribution in [0, 0.1) is 0 Å². The van der Waals surface area contributed by atoms with Gasteiger partial charge < -0.3 is 9.64 Å². The highest BCUT2D eigenvalue weighted by molar-refractivity contribution is 8.15. The molecule has 192 valence electrons. The second-order valence-electron chi connectivity index (χ2n) is 9.46. The van der Waals surface area contributed by atoms with E-state index >= 15 is 0 Å². The van der Waals surface area contributed by atoms with Crippen LogP contribution in [0.5, 0.6) is 5.75 Å². The van der Waals surface area contributed by atoms with Crippen LogP contribution in [0.4, 0.5) is 4.79 Å². The topological polar surface area (TPSA) is 75.7 Å². The van der Waals surface area contributed by atoms with Gasteiger partial charge >= 0.3 is 0 Å². The van der Waals surface area contributed by atoms with Gasteiger partial charge in [-0.1, -0.05) is 78.5 Å².